The van der Waals surface area contributed by atoms with E-state index in [0.717, 1.165) is 18.4 Å². The maximum Gasteiger partial charge on any atom is 0.225 e. The monoisotopic (exact) mass is 348 g/mol. The highest BCUT2D eigenvalue weighted by Gasteiger charge is 2.33. The quantitative estimate of drug-likeness (QED) is 0.862. The molecular formula is C19H22ClFN2O. The van der Waals surface area contributed by atoms with Crippen LogP contribution in [0.2, 0.25) is 0 Å². The Morgan fingerprint density at radius 1 is 1.12 bits per heavy atom. The summed E-state index contributed by atoms with van der Waals surface area (Å²) in [5, 5.41) is 0. The summed E-state index contributed by atoms with van der Waals surface area (Å²) in [6.07, 6.45) is 2.22. The Morgan fingerprint density at radius 3 is 2.38 bits per heavy atom. The molecule has 1 aliphatic carbocycles. The second-order valence-corrected chi connectivity index (χ2v) is 6.07. The number of carbonyl (C=O) groups excluding carboxylic acids is 1. The highest BCUT2D eigenvalue weighted by molar-refractivity contribution is 5.85. The standard InChI is InChI=1S/C19H21FN2O.ClH/c20-17-9-5-4-8-15(17)13-22(16-10-11-16)19(23)12-18(21)14-6-2-1-3-7-14;/h1-9,16,18H,10-13,21H2;1H. The highest BCUT2D eigenvalue weighted by Crippen LogP contribution is 2.30. The summed E-state index contributed by atoms with van der Waals surface area (Å²) >= 11 is 0. The van der Waals surface area contributed by atoms with Gasteiger partial charge in [0.05, 0.1) is 0 Å². The van der Waals surface area contributed by atoms with E-state index in [0.29, 0.717) is 12.1 Å². The van der Waals surface area contributed by atoms with Crippen LogP contribution in [-0.4, -0.2) is 16.8 Å². The van der Waals surface area contributed by atoms with Gasteiger partial charge in [-0.2, -0.15) is 0 Å². The molecule has 1 fully saturated rings. The van der Waals surface area contributed by atoms with Crippen molar-refractivity contribution in [3.63, 3.8) is 0 Å². The first-order valence-corrected chi connectivity index (χ1v) is 7.98. The number of halogens is 2. The minimum Gasteiger partial charge on any atom is -0.335 e. The van der Waals surface area contributed by atoms with Gasteiger partial charge in [0.1, 0.15) is 5.82 Å². The van der Waals surface area contributed by atoms with E-state index in [2.05, 4.69) is 0 Å². The van der Waals surface area contributed by atoms with Crippen molar-refractivity contribution in [2.24, 2.45) is 5.73 Å². The SMILES string of the molecule is Cl.NC(CC(=O)N(Cc1ccccc1F)C1CC1)c1ccccc1. The summed E-state index contributed by atoms with van der Waals surface area (Å²) in [5.74, 6) is -0.273. The molecule has 2 aromatic rings. The van der Waals surface area contributed by atoms with Crippen LogP contribution in [0.5, 0.6) is 0 Å². The third-order valence-corrected chi connectivity index (χ3v) is 4.23. The molecule has 0 radical (unpaired) electrons. The zero-order valence-electron chi connectivity index (χ0n) is 13.4. The van der Waals surface area contributed by atoms with E-state index in [1.165, 1.54) is 6.07 Å². The molecule has 0 heterocycles. The van der Waals surface area contributed by atoms with Gasteiger partial charge in [-0.15, -0.1) is 12.4 Å². The van der Waals surface area contributed by atoms with Gasteiger partial charge >= 0.3 is 0 Å². The van der Waals surface area contributed by atoms with Crippen LogP contribution in [-0.2, 0) is 11.3 Å². The van der Waals surface area contributed by atoms with E-state index >= 15 is 0 Å². The molecule has 0 aromatic heterocycles. The summed E-state index contributed by atoms with van der Waals surface area (Å²) in [6, 6.07) is 16.1. The molecular weight excluding hydrogens is 327 g/mol. The van der Waals surface area contributed by atoms with Gasteiger partial charge in [-0.25, -0.2) is 4.39 Å². The summed E-state index contributed by atoms with van der Waals surface area (Å²) in [6.45, 7) is 0.317. The second-order valence-electron chi connectivity index (χ2n) is 6.07. The molecule has 0 aliphatic heterocycles. The summed E-state index contributed by atoms with van der Waals surface area (Å²) in [4.78, 5) is 14.4. The Kier molecular flexibility index (Phi) is 6.35. The summed E-state index contributed by atoms with van der Waals surface area (Å²) in [5.41, 5.74) is 7.66. The van der Waals surface area contributed by atoms with E-state index in [1.54, 1.807) is 23.1 Å². The van der Waals surface area contributed by atoms with Crippen molar-refractivity contribution in [3.05, 3.63) is 71.5 Å². The molecule has 1 unspecified atom stereocenters. The van der Waals surface area contributed by atoms with Crippen molar-refractivity contribution in [2.45, 2.75) is 37.9 Å². The number of amides is 1. The smallest absolute Gasteiger partial charge is 0.225 e. The fourth-order valence-corrected chi connectivity index (χ4v) is 2.74. The van der Waals surface area contributed by atoms with Gasteiger partial charge in [0.15, 0.2) is 0 Å². The van der Waals surface area contributed by atoms with E-state index < -0.39 is 0 Å². The molecule has 2 N–H and O–H groups in total. The van der Waals surface area contributed by atoms with Crippen molar-refractivity contribution >= 4 is 18.3 Å². The van der Waals surface area contributed by atoms with Crippen molar-refractivity contribution in [2.75, 3.05) is 0 Å². The van der Waals surface area contributed by atoms with Crippen LogP contribution < -0.4 is 5.73 Å². The molecule has 0 bridgehead atoms. The van der Waals surface area contributed by atoms with Crippen LogP contribution in [0, 0.1) is 5.82 Å². The average molecular weight is 349 g/mol. The maximum absolute atomic E-state index is 13.9. The van der Waals surface area contributed by atoms with Gasteiger partial charge in [-0.05, 0) is 24.5 Å². The van der Waals surface area contributed by atoms with Crippen LogP contribution in [0.15, 0.2) is 54.6 Å². The lowest BCUT2D eigenvalue weighted by Crippen LogP contribution is -2.35. The Bertz CT molecular complexity index is 676. The van der Waals surface area contributed by atoms with Gasteiger partial charge in [0, 0.05) is 30.6 Å². The predicted molar refractivity (Wildman–Crippen MR) is 95.2 cm³/mol. The number of carbonyl (C=O) groups is 1. The Hall–Kier alpha value is -1.91. The molecule has 5 heteroatoms. The number of nitrogens with zero attached hydrogens (tertiary/aromatic N) is 1. The molecule has 3 rings (SSSR count). The van der Waals surface area contributed by atoms with Crippen molar-refractivity contribution in [1.82, 2.24) is 4.90 Å². The minimum atomic E-state index is -0.328. The molecule has 1 saturated carbocycles. The number of hydrogen-bond donors (Lipinski definition) is 1. The van der Waals surface area contributed by atoms with Crippen LogP contribution in [0.25, 0.3) is 0 Å². The molecule has 0 spiro atoms. The molecule has 3 nitrogen and oxygen atoms in total. The van der Waals surface area contributed by atoms with E-state index in [-0.39, 0.29) is 42.6 Å². The summed E-state index contributed by atoms with van der Waals surface area (Å²) < 4.78 is 13.9. The van der Waals surface area contributed by atoms with E-state index in [9.17, 15) is 9.18 Å². The lowest BCUT2D eigenvalue weighted by molar-refractivity contribution is -0.132. The normalized spacial score (nSPS) is 14.6. The zero-order chi connectivity index (χ0) is 16.2. The first kappa shape index (κ1) is 18.4. The fourth-order valence-electron chi connectivity index (χ4n) is 2.74. The zero-order valence-corrected chi connectivity index (χ0v) is 14.2. The number of benzene rings is 2. The van der Waals surface area contributed by atoms with Crippen molar-refractivity contribution in [1.29, 1.82) is 0 Å². The van der Waals surface area contributed by atoms with Gasteiger partial charge in [0.2, 0.25) is 5.91 Å². The number of rotatable bonds is 6. The van der Waals surface area contributed by atoms with Crippen molar-refractivity contribution < 1.29 is 9.18 Å². The lowest BCUT2D eigenvalue weighted by Gasteiger charge is -2.24. The number of hydrogen-bond acceptors (Lipinski definition) is 2. The van der Waals surface area contributed by atoms with Crippen LogP contribution in [0.1, 0.15) is 36.4 Å². The largest absolute Gasteiger partial charge is 0.335 e. The second kappa shape index (κ2) is 8.27. The molecule has 24 heavy (non-hydrogen) atoms. The third-order valence-electron chi connectivity index (χ3n) is 4.23. The Morgan fingerprint density at radius 2 is 1.75 bits per heavy atom. The van der Waals surface area contributed by atoms with Gasteiger partial charge in [0.25, 0.3) is 0 Å². The molecule has 1 atom stereocenters. The van der Waals surface area contributed by atoms with Gasteiger partial charge in [-0.1, -0.05) is 48.5 Å². The molecule has 2 aromatic carbocycles. The molecule has 0 saturated heterocycles. The van der Waals surface area contributed by atoms with E-state index in [1.807, 2.05) is 30.3 Å². The van der Waals surface area contributed by atoms with Gasteiger partial charge < -0.3 is 10.6 Å². The average Bonchev–Trinajstić information content (AvgIpc) is 3.39. The Balaban J connectivity index is 0.00000208. The van der Waals surface area contributed by atoms with Crippen LogP contribution in [0.4, 0.5) is 4.39 Å². The van der Waals surface area contributed by atoms with Crippen LogP contribution in [0.3, 0.4) is 0 Å². The lowest BCUT2D eigenvalue weighted by atomic mass is 10.0. The topological polar surface area (TPSA) is 46.3 Å². The maximum atomic E-state index is 13.9. The fraction of sp³-hybridized carbons (Fsp3) is 0.316. The first-order chi connectivity index (χ1) is 11.1. The van der Waals surface area contributed by atoms with Gasteiger partial charge in [-0.3, -0.25) is 4.79 Å². The van der Waals surface area contributed by atoms with Crippen molar-refractivity contribution in [3.8, 4) is 0 Å². The van der Waals surface area contributed by atoms with E-state index in [4.69, 9.17) is 5.73 Å². The Labute approximate surface area is 148 Å². The minimum absolute atomic E-state index is 0. The molecule has 1 amide bonds. The first-order valence-electron chi connectivity index (χ1n) is 7.98. The molecule has 1 aliphatic rings. The number of nitrogens with two attached hydrogens (primary N) is 1. The molecule has 128 valence electrons. The predicted octanol–water partition coefficient (Wildman–Crippen LogP) is 3.83. The van der Waals surface area contributed by atoms with Crippen LogP contribution >= 0.6 is 12.4 Å². The highest BCUT2D eigenvalue weighted by atomic mass is 35.5. The third kappa shape index (κ3) is 4.56. The summed E-state index contributed by atoms with van der Waals surface area (Å²) in [7, 11) is 0.